The Kier molecular flexibility index (Phi) is 7.54. The summed E-state index contributed by atoms with van der Waals surface area (Å²) in [4.78, 5) is 28.2. The lowest BCUT2D eigenvalue weighted by molar-refractivity contribution is 0.0954. The van der Waals surface area contributed by atoms with Gasteiger partial charge in [-0.3, -0.25) is 9.69 Å². The monoisotopic (exact) mass is 469 g/mol. The molecule has 1 aliphatic heterocycles. The molecule has 0 spiro atoms. The quantitative estimate of drug-likeness (QED) is 0.543. The van der Waals surface area contributed by atoms with Crippen molar-refractivity contribution in [2.45, 2.75) is 26.6 Å². The zero-order valence-electron chi connectivity index (χ0n) is 19.7. The molecule has 176 valence electrons. The van der Waals surface area contributed by atoms with Crippen LogP contribution in [0.3, 0.4) is 0 Å². The van der Waals surface area contributed by atoms with Crippen LogP contribution >= 0.6 is 11.3 Å². The fourth-order valence-electron chi connectivity index (χ4n) is 4.07. The van der Waals surface area contributed by atoms with Crippen LogP contribution in [0.25, 0.3) is 10.2 Å². The summed E-state index contributed by atoms with van der Waals surface area (Å²) < 4.78 is 10.6. The molecule has 8 nitrogen and oxygen atoms in total. The summed E-state index contributed by atoms with van der Waals surface area (Å²) in [5.41, 5.74) is 3.20. The summed E-state index contributed by atoms with van der Waals surface area (Å²) in [6, 6.07) is 8.46. The van der Waals surface area contributed by atoms with Gasteiger partial charge in [0.1, 0.15) is 11.4 Å². The molecule has 33 heavy (non-hydrogen) atoms. The van der Waals surface area contributed by atoms with Crippen molar-refractivity contribution in [3.05, 3.63) is 51.7 Å². The fourth-order valence-corrected chi connectivity index (χ4v) is 5.17. The molecule has 1 aliphatic rings. The molecule has 4 rings (SSSR count). The molecule has 0 radical (unpaired) electrons. The second kappa shape index (κ2) is 10.6. The zero-order valence-corrected chi connectivity index (χ0v) is 20.5. The van der Waals surface area contributed by atoms with Crippen LogP contribution in [0.1, 0.15) is 32.2 Å². The third-order valence-corrected chi connectivity index (χ3v) is 7.11. The molecule has 0 saturated carbocycles. The van der Waals surface area contributed by atoms with Gasteiger partial charge in [-0.15, -0.1) is 11.3 Å². The maximum Gasteiger partial charge on any atom is 0.261 e. The van der Waals surface area contributed by atoms with Gasteiger partial charge in [0.15, 0.2) is 5.82 Å². The molecule has 0 bridgehead atoms. The summed E-state index contributed by atoms with van der Waals surface area (Å²) in [6.07, 6.45) is 0. The van der Waals surface area contributed by atoms with Crippen molar-refractivity contribution in [2.75, 3.05) is 47.4 Å². The molecule has 9 heteroatoms. The van der Waals surface area contributed by atoms with Crippen LogP contribution in [-0.4, -0.2) is 73.1 Å². The molecule has 1 N–H and O–H groups in total. The Morgan fingerprint density at radius 3 is 2.64 bits per heavy atom. The molecular weight excluding hydrogens is 438 g/mol. The summed E-state index contributed by atoms with van der Waals surface area (Å²) in [7, 11) is 5.34. The number of hydrogen-bond acceptors (Lipinski definition) is 8. The van der Waals surface area contributed by atoms with Crippen molar-refractivity contribution in [2.24, 2.45) is 0 Å². The van der Waals surface area contributed by atoms with Crippen LogP contribution in [0.4, 0.5) is 0 Å². The van der Waals surface area contributed by atoms with E-state index in [9.17, 15) is 4.79 Å². The van der Waals surface area contributed by atoms with Gasteiger partial charge >= 0.3 is 0 Å². The highest BCUT2D eigenvalue weighted by Crippen LogP contribution is 2.35. The minimum atomic E-state index is -0.115. The molecule has 3 aromatic rings. The lowest BCUT2D eigenvalue weighted by Gasteiger charge is -2.32. The highest BCUT2D eigenvalue weighted by Gasteiger charge is 2.21. The Labute approximate surface area is 198 Å². The van der Waals surface area contributed by atoms with Crippen molar-refractivity contribution in [3.63, 3.8) is 0 Å². The molecule has 1 fully saturated rings. The minimum absolute atomic E-state index is 0.115. The van der Waals surface area contributed by atoms with Gasteiger partial charge in [-0.05, 0) is 30.7 Å². The van der Waals surface area contributed by atoms with Gasteiger partial charge in [0, 0.05) is 46.4 Å². The van der Waals surface area contributed by atoms with Gasteiger partial charge < -0.3 is 19.7 Å². The molecule has 1 aromatic carbocycles. The zero-order chi connectivity index (χ0) is 23.4. The number of methoxy groups -OCH3 is 2. The highest BCUT2D eigenvalue weighted by molar-refractivity contribution is 7.20. The maximum atomic E-state index is 13.0. The van der Waals surface area contributed by atoms with Gasteiger partial charge in [0.25, 0.3) is 5.91 Å². The number of benzene rings is 1. The van der Waals surface area contributed by atoms with Crippen molar-refractivity contribution in [1.82, 2.24) is 25.1 Å². The summed E-state index contributed by atoms with van der Waals surface area (Å²) in [6.45, 7) is 7.98. The minimum Gasteiger partial charge on any atom is -0.480 e. The van der Waals surface area contributed by atoms with E-state index in [4.69, 9.17) is 9.47 Å². The van der Waals surface area contributed by atoms with E-state index in [-0.39, 0.29) is 12.5 Å². The number of amides is 1. The molecule has 3 heterocycles. The predicted molar refractivity (Wildman–Crippen MR) is 130 cm³/mol. The van der Waals surface area contributed by atoms with Gasteiger partial charge in [-0.25, -0.2) is 4.98 Å². The Morgan fingerprint density at radius 2 is 1.91 bits per heavy atom. The largest absolute Gasteiger partial charge is 0.480 e. The van der Waals surface area contributed by atoms with E-state index in [2.05, 4.69) is 56.4 Å². The number of nitrogens with one attached hydrogen (secondary N) is 1. The average molecular weight is 470 g/mol. The Bertz CT molecular complexity index is 1120. The topological polar surface area (TPSA) is 79.8 Å². The standard InChI is InChI=1S/C24H31N5O3S/c1-16-20-23(32-4)26-19(15-31-3)27-24(20)33-21(16)22(30)25-13-17-6-5-7-18(12-17)14-29-10-8-28(2)9-11-29/h5-7,12H,8-11,13-15H2,1-4H3,(H,25,30). The first kappa shape index (κ1) is 23.6. The molecule has 0 atom stereocenters. The Hall–Kier alpha value is -2.59. The Balaban J connectivity index is 1.45. The number of hydrogen-bond donors (Lipinski definition) is 1. The van der Waals surface area contributed by atoms with Gasteiger partial charge in [0.2, 0.25) is 5.88 Å². The lowest BCUT2D eigenvalue weighted by atomic mass is 10.1. The lowest BCUT2D eigenvalue weighted by Crippen LogP contribution is -2.43. The van der Waals surface area contributed by atoms with E-state index in [1.165, 1.54) is 16.9 Å². The van der Waals surface area contributed by atoms with E-state index in [1.54, 1.807) is 14.2 Å². The van der Waals surface area contributed by atoms with Crippen LogP contribution in [0, 0.1) is 6.92 Å². The summed E-state index contributed by atoms with van der Waals surface area (Å²) in [5.74, 6) is 0.888. The van der Waals surface area contributed by atoms with Gasteiger partial charge in [0.05, 0.1) is 17.4 Å². The van der Waals surface area contributed by atoms with Crippen LogP contribution in [0.5, 0.6) is 5.88 Å². The number of thiophene rings is 1. The number of carbonyl (C=O) groups is 1. The van der Waals surface area contributed by atoms with E-state index < -0.39 is 0 Å². The van der Waals surface area contributed by atoms with Crippen LogP contribution in [-0.2, 0) is 24.4 Å². The summed E-state index contributed by atoms with van der Waals surface area (Å²) >= 11 is 1.35. The number of rotatable bonds is 8. The first-order chi connectivity index (χ1) is 16.0. The van der Waals surface area contributed by atoms with Gasteiger partial charge in [-0.2, -0.15) is 4.98 Å². The summed E-state index contributed by atoms with van der Waals surface area (Å²) in [5, 5.41) is 3.85. The number of likely N-dealkylation sites (N-methyl/N-ethyl adjacent to an activating group) is 1. The van der Waals surface area contributed by atoms with Crippen LogP contribution in [0.15, 0.2) is 24.3 Å². The average Bonchev–Trinajstić information content (AvgIpc) is 3.15. The number of aryl methyl sites for hydroxylation is 1. The highest BCUT2D eigenvalue weighted by atomic mass is 32.1. The third kappa shape index (κ3) is 5.50. The smallest absolute Gasteiger partial charge is 0.261 e. The molecule has 0 aliphatic carbocycles. The van der Waals surface area contributed by atoms with Crippen LogP contribution < -0.4 is 10.1 Å². The third-order valence-electron chi connectivity index (χ3n) is 5.92. The second-order valence-electron chi connectivity index (χ2n) is 8.40. The maximum absolute atomic E-state index is 13.0. The Morgan fingerprint density at radius 1 is 1.15 bits per heavy atom. The fraction of sp³-hybridized carbons (Fsp3) is 0.458. The van der Waals surface area contributed by atoms with Crippen molar-refractivity contribution in [3.8, 4) is 5.88 Å². The van der Waals surface area contributed by atoms with E-state index in [0.717, 1.165) is 54.1 Å². The number of ether oxygens (including phenoxy) is 2. The number of nitrogens with zero attached hydrogens (tertiary/aromatic N) is 4. The van der Waals surface area contributed by atoms with Crippen LogP contribution in [0.2, 0.25) is 0 Å². The van der Waals surface area contributed by atoms with E-state index >= 15 is 0 Å². The number of aromatic nitrogens is 2. The molecule has 1 saturated heterocycles. The molecular formula is C24H31N5O3S. The number of carbonyl (C=O) groups excluding carboxylic acids is 1. The second-order valence-corrected chi connectivity index (χ2v) is 9.40. The molecule has 1 amide bonds. The first-order valence-corrected chi connectivity index (χ1v) is 11.9. The number of fused-ring (bicyclic) bond motifs is 1. The van der Waals surface area contributed by atoms with Crippen molar-refractivity contribution < 1.29 is 14.3 Å². The normalized spacial score (nSPS) is 15.2. The van der Waals surface area contributed by atoms with E-state index in [0.29, 0.717) is 23.1 Å². The molecule has 2 aromatic heterocycles. The molecule has 0 unspecified atom stereocenters. The first-order valence-electron chi connectivity index (χ1n) is 11.1. The van der Waals surface area contributed by atoms with Crippen molar-refractivity contribution in [1.29, 1.82) is 0 Å². The van der Waals surface area contributed by atoms with Crippen molar-refractivity contribution >= 4 is 27.5 Å². The van der Waals surface area contributed by atoms with E-state index in [1.807, 2.05) is 6.92 Å². The predicted octanol–water partition coefficient (Wildman–Crippen LogP) is 2.83. The van der Waals surface area contributed by atoms with Gasteiger partial charge in [-0.1, -0.05) is 24.3 Å². The SMILES string of the molecule is COCc1nc(OC)c2c(C)c(C(=O)NCc3cccc(CN4CCN(C)CC4)c3)sc2n1. The number of piperazine rings is 1.